The van der Waals surface area contributed by atoms with Gasteiger partial charge in [0.15, 0.2) is 0 Å². The van der Waals surface area contributed by atoms with E-state index in [-0.39, 0.29) is 41.6 Å². The monoisotopic (exact) mass is 214 g/mol. The Morgan fingerprint density at radius 2 is 2.07 bits per heavy atom. The summed E-state index contributed by atoms with van der Waals surface area (Å²) in [7, 11) is 0. The molecule has 1 atom stereocenters. The van der Waals surface area contributed by atoms with Crippen LogP contribution in [0.15, 0.2) is 43.0 Å². The fourth-order valence-electron chi connectivity index (χ4n) is 1.24. The molecule has 0 N–H and O–H groups in total. The molecule has 0 saturated carbocycles. The molecule has 1 aromatic rings. The van der Waals surface area contributed by atoms with Crippen LogP contribution in [0, 0.1) is 0 Å². The van der Waals surface area contributed by atoms with E-state index in [0.717, 1.165) is 12.0 Å². The molecule has 2 nitrogen and oxygen atoms in total. The Bertz CT molecular complexity index is 309. The van der Waals surface area contributed by atoms with Gasteiger partial charge in [-0.2, -0.15) is 0 Å². The summed E-state index contributed by atoms with van der Waals surface area (Å²) in [4.78, 5) is 11.0. The van der Waals surface area contributed by atoms with Crippen LogP contribution in [0.5, 0.6) is 0 Å². The van der Waals surface area contributed by atoms with Crippen LogP contribution in [-0.2, 0) is 9.53 Å². The second-order valence-electron chi connectivity index (χ2n) is 2.95. The van der Waals surface area contributed by atoms with Gasteiger partial charge in [-0.3, -0.25) is 0 Å². The van der Waals surface area contributed by atoms with Crippen LogP contribution in [0.25, 0.3) is 0 Å². The molecule has 0 aliphatic rings. The Hall–Kier alpha value is -0.570. The molecule has 0 amide bonds. The average Bonchev–Trinajstić information content (AvgIpc) is 2.26. The molecule has 76 valence electrons. The minimum absolute atomic E-state index is 0. The van der Waals surface area contributed by atoms with Gasteiger partial charge in [-0.25, -0.2) is 4.79 Å². The van der Waals surface area contributed by atoms with Gasteiger partial charge in [-0.15, -0.1) is 0 Å². The first-order valence-corrected chi connectivity index (χ1v) is 4.66. The summed E-state index contributed by atoms with van der Waals surface area (Å²) < 4.78 is 5.18. The van der Waals surface area contributed by atoms with E-state index in [4.69, 9.17) is 4.74 Å². The molecule has 3 heteroatoms. The Balaban J connectivity index is 0.00000196. The summed E-state index contributed by atoms with van der Waals surface area (Å²) in [5.74, 6) is -0.374. The molecule has 15 heavy (non-hydrogen) atoms. The molecule has 0 aliphatic carbocycles. The van der Waals surface area contributed by atoms with Crippen molar-refractivity contribution in [1.29, 1.82) is 0 Å². The normalized spacial score (nSPS) is 11.0. The second-order valence-corrected chi connectivity index (χ2v) is 2.95. The van der Waals surface area contributed by atoms with Crippen LogP contribution < -0.4 is 0 Å². The number of hydrogen-bond acceptors (Lipinski definition) is 2. The van der Waals surface area contributed by atoms with E-state index < -0.39 is 0 Å². The summed E-state index contributed by atoms with van der Waals surface area (Å²) in [6.07, 6.45) is 1.79. The van der Waals surface area contributed by atoms with Crippen molar-refractivity contribution in [2.45, 2.75) is 19.4 Å². The Morgan fingerprint density at radius 1 is 1.47 bits per heavy atom. The fraction of sp³-hybridized carbons (Fsp3) is 0.250. The summed E-state index contributed by atoms with van der Waals surface area (Å²) in [5, 5.41) is 0. The number of esters is 1. The zero-order chi connectivity index (χ0) is 10.4. The Morgan fingerprint density at radius 3 is 2.53 bits per heavy atom. The number of ether oxygens (including phenoxy) is 1. The molecule has 0 radical (unpaired) electrons. The van der Waals surface area contributed by atoms with Crippen LogP contribution >= 0.6 is 0 Å². The van der Waals surface area contributed by atoms with E-state index >= 15 is 0 Å². The first-order chi connectivity index (χ1) is 6.77. The number of benzene rings is 1. The molecule has 1 unspecified atom stereocenters. The third-order valence-electron chi connectivity index (χ3n) is 1.97. The van der Waals surface area contributed by atoms with Gasteiger partial charge in [0.05, 0.1) is 0 Å². The fourth-order valence-corrected chi connectivity index (χ4v) is 1.24. The third-order valence-corrected chi connectivity index (χ3v) is 1.97. The molecule has 0 aromatic heterocycles. The second kappa shape index (κ2) is 7.69. The van der Waals surface area contributed by atoms with Crippen LogP contribution in [-0.4, -0.2) is 35.5 Å². The predicted molar refractivity (Wildman–Crippen MR) is 62.9 cm³/mol. The van der Waals surface area contributed by atoms with Crippen molar-refractivity contribution in [3.63, 3.8) is 0 Å². The SMILES string of the molecule is C=CC(=O)OC(CC)c1ccccc1.[NaH]. The molecule has 0 spiro atoms. The molecule has 0 bridgehead atoms. The van der Waals surface area contributed by atoms with Gasteiger partial charge in [-0.1, -0.05) is 43.8 Å². The van der Waals surface area contributed by atoms with Gasteiger partial charge >= 0.3 is 35.5 Å². The molecule has 1 aromatic carbocycles. The third kappa shape index (κ3) is 4.65. The van der Waals surface area contributed by atoms with Crippen molar-refractivity contribution in [3.8, 4) is 0 Å². The Kier molecular flexibility index (Phi) is 7.39. The van der Waals surface area contributed by atoms with E-state index in [1.807, 2.05) is 37.3 Å². The van der Waals surface area contributed by atoms with Crippen molar-refractivity contribution < 1.29 is 9.53 Å². The van der Waals surface area contributed by atoms with Crippen LogP contribution in [0.3, 0.4) is 0 Å². The summed E-state index contributed by atoms with van der Waals surface area (Å²) in [6, 6.07) is 9.69. The van der Waals surface area contributed by atoms with Gasteiger partial charge < -0.3 is 4.74 Å². The molecular formula is C12H15NaO2. The number of hydrogen-bond donors (Lipinski definition) is 0. The number of carbonyl (C=O) groups is 1. The van der Waals surface area contributed by atoms with Crippen molar-refractivity contribution in [2.24, 2.45) is 0 Å². The van der Waals surface area contributed by atoms with Gasteiger partial charge in [-0.05, 0) is 12.0 Å². The number of carbonyl (C=O) groups excluding carboxylic acids is 1. The van der Waals surface area contributed by atoms with E-state index in [1.165, 1.54) is 6.08 Å². The van der Waals surface area contributed by atoms with E-state index in [1.54, 1.807) is 0 Å². The minimum atomic E-state index is -0.374. The maximum absolute atomic E-state index is 11.0. The average molecular weight is 214 g/mol. The molecule has 0 saturated heterocycles. The van der Waals surface area contributed by atoms with E-state index in [9.17, 15) is 4.79 Å². The van der Waals surface area contributed by atoms with Crippen LogP contribution in [0.2, 0.25) is 0 Å². The first kappa shape index (κ1) is 14.4. The molecule has 0 aliphatic heterocycles. The van der Waals surface area contributed by atoms with Gasteiger partial charge in [0.1, 0.15) is 6.10 Å². The quantitative estimate of drug-likeness (QED) is 0.436. The van der Waals surface area contributed by atoms with Gasteiger partial charge in [0, 0.05) is 6.08 Å². The van der Waals surface area contributed by atoms with Crippen molar-refractivity contribution >= 4 is 35.5 Å². The molecular weight excluding hydrogens is 199 g/mol. The zero-order valence-electron chi connectivity index (χ0n) is 8.27. The zero-order valence-corrected chi connectivity index (χ0v) is 8.27. The van der Waals surface area contributed by atoms with E-state index in [2.05, 4.69) is 6.58 Å². The maximum atomic E-state index is 11.0. The molecule has 0 fully saturated rings. The summed E-state index contributed by atoms with van der Waals surface area (Å²) in [6.45, 7) is 5.35. The summed E-state index contributed by atoms with van der Waals surface area (Å²) >= 11 is 0. The standard InChI is InChI=1S/C12H14O2.Na.H/c1-3-11(14-12(13)4-2)10-8-6-5-7-9-10;;/h4-9,11H,2-3H2,1H3;;. The Labute approximate surface area is 113 Å². The topological polar surface area (TPSA) is 26.3 Å². The predicted octanol–water partition coefficient (Wildman–Crippen LogP) is 2.22. The molecule has 0 heterocycles. The number of rotatable bonds is 4. The van der Waals surface area contributed by atoms with Crippen LogP contribution in [0.1, 0.15) is 25.0 Å². The first-order valence-electron chi connectivity index (χ1n) is 4.66. The van der Waals surface area contributed by atoms with Gasteiger partial charge in [0.25, 0.3) is 0 Å². The van der Waals surface area contributed by atoms with Crippen molar-refractivity contribution in [3.05, 3.63) is 48.6 Å². The van der Waals surface area contributed by atoms with Crippen molar-refractivity contribution in [1.82, 2.24) is 0 Å². The van der Waals surface area contributed by atoms with E-state index in [0.29, 0.717) is 0 Å². The summed E-state index contributed by atoms with van der Waals surface area (Å²) in [5.41, 5.74) is 1.02. The molecule has 1 rings (SSSR count). The van der Waals surface area contributed by atoms with Gasteiger partial charge in [0.2, 0.25) is 0 Å². The van der Waals surface area contributed by atoms with Crippen LogP contribution in [0.4, 0.5) is 0 Å². The van der Waals surface area contributed by atoms with Crippen molar-refractivity contribution in [2.75, 3.05) is 0 Å².